The number of benzene rings is 1. The second-order valence-electron chi connectivity index (χ2n) is 6.37. The van der Waals surface area contributed by atoms with Gasteiger partial charge < -0.3 is 19.6 Å². The molecule has 0 fully saturated rings. The Hall–Kier alpha value is -3.61. The van der Waals surface area contributed by atoms with E-state index in [0.29, 0.717) is 0 Å². The first kappa shape index (κ1) is 23.1. The molecular weight excluding hydrogens is 452 g/mol. The van der Waals surface area contributed by atoms with Gasteiger partial charge in [-0.2, -0.15) is 13.8 Å². The van der Waals surface area contributed by atoms with Crippen molar-refractivity contribution in [2.75, 3.05) is 12.3 Å². The number of nitrogens with two attached hydrogens (primary N) is 1. The fourth-order valence-electron chi connectivity index (χ4n) is 2.79. The van der Waals surface area contributed by atoms with Crippen LogP contribution in [0, 0.1) is 6.92 Å². The first-order valence-electron chi connectivity index (χ1n) is 9.08. The molecule has 0 saturated carbocycles. The van der Waals surface area contributed by atoms with E-state index >= 15 is 0 Å². The molecule has 1 aromatic carbocycles. The van der Waals surface area contributed by atoms with Crippen LogP contribution in [-0.2, 0) is 25.9 Å². The Labute approximate surface area is 180 Å². The van der Waals surface area contributed by atoms with Gasteiger partial charge in [0, 0.05) is 0 Å². The van der Waals surface area contributed by atoms with Crippen LogP contribution < -0.4 is 5.73 Å². The van der Waals surface area contributed by atoms with Crippen LogP contribution in [0.1, 0.15) is 39.2 Å². The van der Waals surface area contributed by atoms with Gasteiger partial charge in [-0.3, -0.25) is 0 Å². The van der Waals surface area contributed by atoms with E-state index in [-0.39, 0.29) is 46.2 Å². The Morgan fingerprint density at radius 3 is 2.38 bits per heavy atom. The van der Waals surface area contributed by atoms with Gasteiger partial charge >= 0.3 is 17.7 Å². The van der Waals surface area contributed by atoms with E-state index < -0.39 is 39.0 Å². The van der Waals surface area contributed by atoms with Crippen LogP contribution in [0.3, 0.4) is 0 Å². The summed E-state index contributed by atoms with van der Waals surface area (Å²) in [6, 6.07) is 3.83. The summed E-state index contributed by atoms with van der Waals surface area (Å²) in [5.74, 6) is -4.97. The number of fused-ring (bicyclic) bond motifs is 1. The number of hydrogen-bond acceptors (Lipinski definition) is 10. The zero-order valence-electron chi connectivity index (χ0n) is 16.8. The van der Waals surface area contributed by atoms with Crippen molar-refractivity contribution in [2.24, 2.45) is 0 Å². The van der Waals surface area contributed by atoms with Crippen molar-refractivity contribution >= 4 is 38.7 Å². The van der Waals surface area contributed by atoms with Crippen LogP contribution in [-0.4, -0.2) is 42.7 Å². The SMILES string of the molecule is CCOC(=O)c1c(C)oc2nc(COC(=O)c3ccc(S(=O)(=O)C(F)F)cc3)nc(N)c12. The third kappa shape index (κ3) is 4.37. The highest BCUT2D eigenvalue weighted by Crippen LogP contribution is 2.29. The maximum atomic E-state index is 12.6. The van der Waals surface area contributed by atoms with Crippen LogP contribution in [0.15, 0.2) is 33.6 Å². The smallest absolute Gasteiger partial charge is 0.342 e. The summed E-state index contributed by atoms with van der Waals surface area (Å²) >= 11 is 0. The van der Waals surface area contributed by atoms with E-state index in [2.05, 4.69) is 9.97 Å². The summed E-state index contributed by atoms with van der Waals surface area (Å²) in [4.78, 5) is 31.8. The summed E-state index contributed by atoms with van der Waals surface area (Å²) in [5, 5.41) is 0.173. The quantitative estimate of drug-likeness (QED) is 0.511. The average Bonchev–Trinajstić information content (AvgIpc) is 3.08. The second-order valence-corrected chi connectivity index (χ2v) is 8.28. The predicted octanol–water partition coefficient (Wildman–Crippen LogP) is 2.64. The molecule has 0 unspecified atom stereocenters. The van der Waals surface area contributed by atoms with Crippen molar-refractivity contribution < 1.29 is 40.7 Å². The molecule has 2 N–H and O–H groups in total. The molecule has 2 aromatic heterocycles. The molecule has 0 aliphatic rings. The summed E-state index contributed by atoms with van der Waals surface area (Å²) in [6.07, 6.45) is 0. The Morgan fingerprint density at radius 1 is 1.12 bits per heavy atom. The minimum atomic E-state index is -4.77. The molecule has 3 rings (SSSR count). The van der Waals surface area contributed by atoms with E-state index in [1.165, 1.54) is 6.92 Å². The number of rotatable bonds is 7. The lowest BCUT2D eigenvalue weighted by atomic mass is 10.2. The number of hydrogen-bond donors (Lipinski definition) is 1. The highest BCUT2D eigenvalue weighted by atomic mass is 32.2. The number of aryl methyl sites for hydroxylation is 1. The monoisotopic (exact) mass is 469 g/mol. The second kappa shape index (κ2) is 8.86. The number of sulfone groups is 1. The fraction of sp³-hybridized carbons (Fsp3) is 0.263. The van der Waals surface area contributed by atoms with Crippen LogP contribution in [0.2, 0.25) is 0 Å². The number of aromatic nitrogens is 2. The van der Waals surface area contributed by atoms with Gasteiger partial charge in [0.1, 0.15) is 17.1 Å². The van der Waals surface area contributed by atoms with Crippen LogP contribution in [0.5, 0.6) is 0 Å². The summed E-state index contributed by atoms with van der Waals surface area (Å²) < 4.78 is 63.5. The van der Waals surface area contributed by atoms with Crippen molar-refractivity contribution in [3.63, 3.8) is 0 Å². The van der Waals surface area contributed by atoms with E-state index in [0.717, 1.165) is 24.3 Å². The lowest BCUT2D eigenvalue weighted by Crippen LogP contribution is -2.12. The van der Waals surface area contributed by atoms with E-state index in [1.54, 1.807) is 6.92 Å². The van der Waals surface area contributed by atoms with E-state index in [9.17, 15) is 26.8 Å². The fourth-order valence-corrected chi connectivity index (χ4v) is 3.52. The summed E-state index contributed by atoms with van der Waals surface area (Å²) in [7, 11) is -4.77. The zero-order valence-corrected chi connectivity index (χ0v) is 17.6. The molecular formula is C19H17F2N3O7S. The summed E-state index contributed by atoms with van der Waals surface area (Å²) in [5.41, 5.74) is 5.95. The third-order valence-electron chi connectivity index (χ3n) is 4.27. The highest BCUT2D eigenvalue weighted by Gasteiger charge is 2.27. The number of halogens is 2. The Morgan fingerprint density at radius 2 is 1.78 bits per heavy atom. The maximum absolute atomic E-state index is 12.6. The Bertz CT molecular complexity index is 1290. The number of carbonyl (C=O) groups is 2. The Balaban J connectivity index is 1.78. The van der Waals surface area contributed by atoms with Crippen molar-refractivity contribution in [1.82, 2.24) is 9.97 Å². The number of furan rings is 1. The number of esters is 2. The van der Waals surface area contributed by atoms with Gasteiger partial charge in [-0.1, -0.05) is 0 Å². The van der Waals surface area contributed by atoms with Gasteiger partial charge in [-0.05, 0) is 38.1 Å². The lowest BCUT2D eigenvalue weighted by molar-refractivity contribution is 0.0461. The number of nitrogen functional groups attached to an aromatic ring is 1. The van der Waals surface area contributed by atoms with E-state index in [1.807, 2.05) is 0 Å². The molecule has 0 amide bonds. The molecule has 3 aromatic rings. The lowest BCUT2D eigenvalue weighted by Gasteiger charge is -2.07. The molecule has 0 bridgehead atoms. The maximum Gasteiger partial charge on any atom is 0.342 e. The van der Waals surface area contributed by atoms with Gasteiger partial charge in [0.25, 0.3) is 0 Å². The highest BCUT2D eigenvalue weighted by molar-refractivity contribution is 7.91. The van der Waals surface area contributed by atoms with Gasteiger partial charge in [0.15, 0.2) is 12.4 Å². The molecule has 13 heteroatoms. The van der Waals surface area contributed by atoms with E-state index in [4.69, 9.17) is 19.6 Å². The summed E-state index contributed by atoms with van der Waals surface area (Å²) in [6.45, 7) is 2.90. The van der Waals surface area contributed by atoms with Crippen LogP contribution >= 0.6 is 0 Å². The molecule has 170 valence electrons. The molecule has 2 heterocycles. The Kier molecular flexibility index (Phi) is 6.39. The van der Waals surface area contributed by atoms with Crippen molar-refractivity contribution in [1.29, 1.82) is 0 Å². The zero-order chi connectivity index (χ0) is 23.6. The van der Waals surface area contributed by atoms with Gasteiger partial charge in [0.2, 0.25) is 15.6 Å². The topological polar surface area (TPSA) is 152 Å². The standard InChI is InChI=1S/C19H17F2N3O7S/c1-3-29-18(26)13-9(2)31-16-14(13)15(22)23-12(24-16)8-30-17(25)10-4-6-11(7-5-10)32(27,28)19(20)21/h4-7,19H,3,8H2,1-2H3,(H2,22,23,24). The molecule has 32 heavy (non-hydrogen) atoms. The number of nitrogens with zero attached hydrogens (tertiary/aromatic N) is 2. The molecule has 0 aliphatic heterocycles. The van der Waals surface area contributed by atoms with Crippen LogP contribution in [0.25, 0.3) is 11.1 Å². The average molecular weight is 469 g/mol. The van der Waals surface area contributed by atoms with Gasteiger partial charge in [-0.15, -0.1) is 0 Å². The van der Waals surface area contributed by atoms with Gasteiger partial charge in [0.05, 0.1) is 22.5 Å². The first-order chi connectivity index (χ1) is 15.1. The van der Waals surface area contributed by atoms with Crippen molar-refractivity contribution in [3.8, 4) is 0 Å². The number of carbonyl (C=O) groups excluding carboxylic acids is 2. The molecule has 0 radical (unpaired) electrons. The molecule has 0 spiro atoms. The normalized spacial score (nSPS) is 11.7. The number of ether oxygens (including phenoxy) is 2. The molecule has 0 atom stereocenters. The molecule has 0 saturated heterocycles. The minimum absolute atomic E-state index is 0.00524. The van der Waals surface area contributed by atoms with Gasteiger partial charge in [-0.25, -0.2) is 23.0 Å². The minimum Gasteiger partial charge on any atom is -0.462 e. The molecule has 0 aliphatic carbocycles. The van der Waals surface area contributed by atoms with Crippen molar-refractivity contribution in [3.05, 3.63) is 47.0 Å². The van der Waals surface area contributed by atoms with Crippen molar-refractivity contribution in [2.45, 2.75) is 31.1 Å². The number of alkyl halides is 2. The largest absolute Gasteiger partial charge is 0.462 e. The number of anilines is 1. The predicted molar refractivity (Wildman–Crippen MR) is 106 cm³/mol. The third-order valence-corrected chi connectivity index (χ3v) is 5.67. The van der Waals surface area contributed by atoms with Crippen LogP contribution in [0.4, 0.5) is 14.6 Å². The molecule has 10 nitrogen and oxygen atoms in total. The first-order valence-corrected chi connectivity index (χ1v) is 10.6.